The Kier molecular flexibility index (Phi) is 5.10. The van der Waals surface area contributed by atoms with E-state index in [0.29, 0.717) is 23.4 Å². The number of nitrogens with one attached hydrogen (secondary N) is 2. The van der Waals surface area contributed by atoms with Crippen LogP contribution in [0.5, 0.6) is 11.5 Å². The van der Waals surface area contributed by atoms with Crippen molar-refractivity contribution in [3.05, 3.63) is 63.6 Å². The van der Waals surface area contributed by atoms with Gasteiger partial charge in [0.25, 0.3) is 0 Å². The molecule has 4 rings (SSSR count). The molecular weight excluding hydrogens is 383 g/mol. The van der Waals surface area contributed by atoms with Crippen LogP contribution in [-0.2, 0) is 6.54 Å². The van der Waals surface area contributed by atoms with Gasteiger partial charge in [-0.25, -0.2) is 4.39 Å². The third-order valence-electron chi connectivity index (χ3n) is 5.43. The first-order valence-electron chi connectivity index (χ1n) is 9.32. The lowest BCUT2D eigenvalue weighted by molar-refractivity contribution is -1.01. The van der Waals surface area contributed by atoms with E-state index in [4.69, 9.17) is 16.3 Å². The molecule has 2 aliphatic heterocycles. The van der Waals surface area contributed by atoms with Crippen molar-refractivity contribution < 1.29 is 28.8 Å². The number of rotatable bonds is 3. The molecule has 0 spiro atoms. The number of allylic oxidation sites excluding steroid dienone is 1. The third-order valence-corrected chi connectivity index (χ3v) is 5.76. The number of phenolic OH excluding ortho intramolecular Hbond substituents is 1. The molecule has 7 heteroatoms. The fourth-order valence-corrected chi connectivity index (χ4v) is 3.92. The summed E-state index contributed by atoms with van der Waals surface area (Å²) in [6, 6.07) is 7.40. The van der Waals surface area contributed by atoms with Gasteiger partial charge in [0.2, 0.25) is 5.78 Å². The highest BCUT2D eigenvalue weighted by atomic mass is 35.5. The number of phenols is 1. The molecule has 2 aromatic rings. The lowest BCUT2D eigenvalue weighted by Gasteiger charge is -2.27. The summed E-state index contributed by atoms with van der Waals surface area (Å²) in [7, 11) is 2.17. The SMILES string of the molecule is C[NH+]1CC[NH+](Cc2c(O)ccc3c2O/C(=C\c2c(F)cccc2Cl)C3=O)CC1. The summed E-state index contributed by atoms with van der Waals surface area (Å²) in [5, 5.41) is 10.6. The van der Waals surface area contributed by atoms with Crippen molar-refractivity contribution >= 4 is 23.5 Å². The number of quaternary nitrogens is 2. The molecule has 1 fully saturated rings. The fraction of sp³-hybridized carbons (Fsp3) is 0.286. The van der Waals surface area contributed by atoms with E-state index in [2.05, 4.69) is 7.05 Å². The van der Waals surface area contributed by atoms with E-state index < -0.39 is 5.82 Å². The standard InChI is InChI=1S/C21H20ClFN2O3/c1-24-7-9-25(10-8-24)12-15-18(26)6-5-13-20(27)19(28-21(13)15)11-14-16(22)3-2-4-17(14)23/h2-6,11,26H,7-10,12H2,1H3/p+2/b19-11-. The number of halogens is 2. The van der Waals surface area contributed by atoms with Gasteiger partial charge in [-0.15, -0.1) is 0 Å². The molecule has 5 nitrogen and oxygen atoms in total. The molecule has 2 heterocycles. The number of fused-ring (bicyclic) bond motifs is 1. The Bertz CT molecular complexity index is 948. The Morgan fingerprint density at radius 1 is 1.21 bits per heavy atom. The fourth-order valence-electron chi connectivity index (χ4n) is 3.70. The minimum absolute atomic E-state index is 0.00618. The highest BCUT2D eigenvalue weighted by Crippen LogP contribution is 2.39. The summed E-state index contributed by atoms with van der Waals surface area (Å²) in [5.74, 6) is -0.391. The summed E-state index contributed by atoms with van der Waals surface area (Å²) in [4.78, 5) is 15.6. The largest absolute Gasteiger partial charge is 0.507 e. The zero-order chi connectivity index (χ0) is 19.8. The van der Waals surface area contributed by atoms with Crippen molar-refractivity contribution in [3.63, 3.8) is 0 Å². The molecule has 2 aromatic carbocycles. The molecule has 0 aliphatic carbocycles. The number of Topliss-reactive ketones (excluding diaryl/α,β-unsaturated/α-hetero) is 1. The molecule has 0 radical (unpaired) electrons. The first-order chi connectivity index (χ1) is 13.4. The highest BCUT2D eigenvalue weighted by molar-refractivity contribution is 6.32. The van der Waals surface area contributed by atoms with Gasteiger partial charge in [-0.2, -0.15) is 0 Å². The summed E-state index contributed by atoms with van der Waals surface area (Å²) in [6.07, 6.45) is 1.33. The van der Waals surface area contributed by atoms with Crippen LogP contribution in [0.3, 0.4) is 0 Å². The molecule has 1 saturated heterocycles. The first kappa shape index (κ1) is 18.9. The van der Waals surface area contributed by atoms with Crippen LogP contribution in [-0.4, -0.2) is 44.1 Å². The van der Waals surface area contributed by atoms with Crippen molar-refractivity contribution in [2.75, 3.05) is 33.2 Å². The molecule has 0 atom stereocenters. The van der Waals surface area contributed by atoms with Gasteiger partial charge >= 0.3 is 0 Å². The molecule has 0 bridgehead atoms. The Balaban J connectivity index is 1.66. The zero-order valence-corrected chi connectivity index (χ0v) is 16.3. The smallest absolute Gasteiger partial charge is 0.231 e. The van der Waals surface area contributed by atoms with Crippen LogP contribution in [0.2, 0.25) is 5.02 Å². The third kappa shape index (κ3) is 3.51. The molecule has 0 aromatic heterocycles. The summed E-state index contributed by atoms with van der Waals surface area (Å²) in [6.45, 7) is 4.65. The Hall–Kier alpha value is -2.41. The summed E-state index contributed by atoms with van der Waals surface area (Å²) in [5.41, 5.74) is 1.10. The number of hydrogen-bond acceptors (Lipinski definition) is 3. The number of benzene rings is 2. The molecular formula is C21H22ClFN2O3+2. The Morgan fingerprint density at radius 3 is 2.68 bits per heavy atom. The molecule has 0 saturated carbocycles. The van der Waals surface area contributed by atoms with Crippen molar-refractivity contribution in [1.82, 2.24) is 0 Å². The molecule has 3 N–H and O–H groups in total. The van der Waals surface area contributed by atoms with Crippen LogP contribution < -0.4 is 14.5 Å². The van der Waals surface area contributed by atoms with Crippen molar-refractivity contribution in [1.29, 1.82) is 0 Å². The Morgan fingerprint density at radius 2 is 1.96 bits per heavy atom. The zero-order valence-electron chi connectivity index (χ0n) is 15.5. The van der Waals surface area contributed by atoms with Gasteiger partial charge in [0.1, 0.15) is 44.3 Å². The number of carbonyl (C=O) groups excluding carboxylic acids is 1. The maximum atomic E-state index is 14.1. The number of hydrogen-bond donors (Lipinski definition) is 3. The summed E-state index contributed by atoms with van der Waals surface area (Å²) < 4.78 is 19.9. The summed E-state index contributed by atoms with van der Waals surface area (Å²) >= 11 is 6.07. The number of likely N-dealkylation sites (N-methyl/N-ethyl adjacent to an activating group) is 1. The number of piperazine rings is 1. The first-order valence-corrected chi connectivity index (χ1v) is 9.70. The van der Waals surface area contributed by atoms with Crippen molar-refractivity contribution in [2.45, 2.75) is 6.54 Å². The van der Waals surface area contributed by atoms with E-state index in [-0.39, 0.29) is 27.9 Å². The Labute approximate surface area is 167 Å². The van der Waals surface area contributed by atoms with Crippen LogP contribution in [0, 0.1) is 5.82 Å². The van der Waals surface area contributed by atoms with Crippen LogP contribution >= 0.6 is 11.6 Å². The van der Waals surface area contributed by atoms with E-state index in [1.54, 1.807) is 12.1 Å². The second-order valence-electron chi connectivity index (χ2n) is 7.40. The molecule has 2 aliphatic rings. The normalized spacial score (nSPS) is 23.0. The average Bonchev–Trinajstić information content (AvgIpc) is 2.98. The number of aromatic hydroxyl groups is 1. The predicted octanol–water partition coefficient (Wildman–Crippen LogP) is 0.714. The second-order valence-corrected chi connectivity index (χ2v) is 7.81. The second kappa shape index (κ2) is 7.54. The molecule has 0 unspecified atom stereocenters. The van der Waals surface area contributed by atoms with E-state index >= 15 is 0 Å². The van der Waals surface area contributed by atoms with Crippen LogP contribution in [0.1, 0.15) is 21.5 Å². The molecule has 146 valence electrons. The monoisotopic (exact) mass is 404 g/mol. The molecule has 28 heavy (non-hydrogen) atoms. The average molecular weight is 405 g/mol. The maximum Gasteiger partial charge on any atom is 0.231 e. The van der Waals surface area contributed by atoms with E-state index in [9.17, 15) is 14.3 Å². The van der Waals surface area contributed by atoms with Gasteiger partial charge in [-0.05, 0) is 30.3 Å². The lowest BCUT2D eigenvalue weighted by Crippen LogP contribution is -3.26. The topological polar surface area (TPSA) is 55.4 Å². The number of ether oxygens (including phenoxy) is 1. The van der Waals surface area contributed by atoms with Crippen molar-refractivity contribution in [3.8, 4) is 11.5 Å². The minimum Gasteiger partial charge on any atom is -0.507 e. The quantitative estimate of drug-likeness (QED) is 0.661. The predicted molar refractivity (Wildman–Crippen MR) is 103 cm³/mol. The highest BCUT2D eigenvalue weighted by Gasteiger charge is 2.33. The minimum atomic E-state index is -0.528. The van der Waals surface area contributed by atoms with Gasteiger partial charge in [-0.3, -0.25) is 4.79 Å². The van der Waals surface area contributed by atoms with E-state index in [1.165, 1.54) is 34.1 Å². The van der Waals surface area contributed by atoms with Gasteiger partial charge in [-0.1, -0.05) is 17.7 Å². The molecule has 0 amide bonds. The lowest BCUT2D eigenvalue weighted by atomic mass is 10.0. The van der Waals surface area contributed by atoms with Gasteiger partial charge < -0.3 is 19.6 Å². The van der Waals surface area contributed by atoms with Crippen LogP contribution in [0.15, 0.2) is 36.1 Å². The number of carbonyl (C=O) groups is 1. The van der Waals surface area contributed by atoms with Crippen LogP contribution in [0.4, 0.5) is 4.39 Å². The van der Waals surface area contributed by atoms with Gasteiger partial charge in [0.05, 0.1) is 23.2 Å². The van der Waals surface area contributed by atoms with Crippen LogP contribution in [0.25, 0.3) is 6.08 Å². The van der Waals surface area contributed by atoms with E-state index in [0.717, 1.165) is 26.2 Å². The van der Waals surface area contributed by atoms with Gasteiger partial charge in [0.15, 0.2) is 11.5 Å². The van der Waals surface area contributed by atoms with Crippen molar-refractivity contribution in [2.24, 2.45) is 0 Å². The maximum absolute atomic E-state index is 14.1. The van der Waals surface area contributed by atoms with Gasteiger partial charge in [0, 0.05) is 5.56 Å². The van der Waals surface area contributed by atoms with E-state index in [1.807, 2.05) is 0 Å². The number of ketones is 1.